The van der Waals surface area contributed by atoms with E-state index in [-0.39, 0.29) is 0 Å². The fourth-order valence-corrected chi connectivity index (χ4v) is 2.07. The Morgan fingerprint density at radius 2 is 1.56 bits per heavy atom. The van der Waals surface area contributed by atoms with Crippen LogP contribution in [0, 0.1) is 0 Å². The third-order valence-corrected chi connectivity index (χ3v) is 3.30. The number of hydrogen-bond donors (Lipinski definition) is 2. The van der Waals surface area contributed by atoms with Gasteiger partial charge in [0.15, 0.2) is 6.61 Å². The second-order valence-electron chi connectivity index (χ2n) is 5.30. The second-order valence-corrected chi connectivity index (χ2v) is 5.30. The lowest BCUT2D eigenvalue weighted by atomic mass is 10.1. The fraction of sp³-hybridized carbons (Fsp3) is 0.167. The Hall–Kier alpha value is -3.36. The largest absolute Gasteiger partial charge is 0.454 e. The standard InChI is InChI=1S/C18H15F3N2O4/c19-18(20,21)13-8-4-5-9-14(13)23-15(24)11-27-16(25)10-22-17(26)12-6-2-1-3-7-12/h1-9H,10-11H2,(H,22,26)(H,23,24). The van der Waals surface area contributed by atoms with Crippen LogP contribution in [0.2, 0.25) is 0 Å². The molecule has 2 N–H and O–H groups in total. The fourth-order valence-electron chi connectivity index (χ4n) is 2.07. The summed E-state index contributed by atoms with van der Waals surface area (Å²) in [5.74, 6) is -2.34. The molecular weight excluding hydrogens is 365 g/mol. The Kier molecular flexibility index (Phi) is 6.53. The number of nitrogens with one attached hydrogen (secondary N) is 2. The van der Waals surface area contributed by atoms with Gasteiger partial charge in [-0.15, -0.1) is 0 Å². The number of benzene rings is 2. The van der Waals surface area contributed by atoms with Crippen molar-refractivity contribution < 1.29 is 32.3 Å². The van der Waals surface area contributed by atoms with E-state index in [0.29, 0.717) is 5.56 Å². The number of alkyl halides is 3. The Labute approximate surface area is 152 Å². The lowest BCUT2D eigenvalue weighted by molar-refractivity contribution is -0.146. The van der Waals surface area contributed by atoms with Gasteiger partial charge in [-0.25, -0.2) is 0 Å². The van der Waals surface area contributed by atoms with E-state index in [2.05, 4.69) is 10.1 Å². The molecular formula is C18H15F3N2O4. The molecule has 0 spiro atoms. The van der Waals surface area contributed by atoms with Crippen molar-refractivity contribution in [1.82, 2.24) is 5.32 Å². The molecule has 0 atom stereocenters. The van der Waals surface area contributed by atoms with Gasteiger partial charge >= 0.3 is 12.1 Å². The molecule has 2 aromatic rings. The van der Waals surface area contributed by atoms with Crippen LogP contribution in [0.1, 0.15) is 15.9 Å². The van der Waals surface area contributed by atoms with Crippen LogP contribution in [0.4, 0.5) is 18.9 Å². The predicted molar refractivity (Wildman–Crippen MR) is 89.8 cm³/mol. The summed E-state index contributed by atoms with van der Waals surface area (Å²) in [4.78, 5) is 35.0. The van der Waals surface area contributed by atoms with E-state index in [0.717, 1.165) is 12.1 Å². The number of carbonyl (C=O) groups excluding carboxylic acids is 3. The number of amides is 2. The number of esters is 1. The van der Waals surface area contributed by atoms with Gasteiger partial charge in [0.1, 0.15) is 6.54 Å². The summed E-state index contributed by atoms with van der Waals surface area (Å²) in [5.41, 5.74) is -1.12. The van der Waals surface area contributed by atoms with Crippen LogP contribution in [-0.4, -0.2) is 30.9 Å². The average Bonchev–Trinajstić information content (AvgIpc) is 2.64. The molecule has 2 amide bonds. The van der Waals surface area contributed by atoms with Crippen LogP contribution < -0.4 is 10.6 Å². The number of para-hydroxylation sites is 1. The molecule has 0 aliphatic rings. The second kappa shape index (κ2) is 8.84. The summed E-state index contributed by atoms with van der Waals surface area (Å²) in [6, 6.07) is 12.5. The summed E-state index contributed by atoms with van der Waals surface area (Å²) < 4.78 is 43.2. The van der Waals surface area contributed by atoms with Crippen molar-refractivity contribution in [2.24, 2.45) is 0 Å². The molecule has 0 unspecified atom stereocenters. The highest BCUT2D eigenvalue weighted by Gasteiger charge is 2.33. The SMILES string of the molecule is O=C(COC(=O)CNC(=O)c1ccccc1)Nc1ccccc1C(F)(F)F. The molecule has 142 valence electrons. The molecule has 0 fully saturated rings. The highest BCUT2D eigenvalue weighted by atomic mass is 19.4. The Morgan fingerprint density at radius 1 is 0.926 bits per heavy atom. The van der Waals surface area contributed by atoms with Crippen molar-refractivity contribution in [3.63, 3.8) is 0 Å². The van der Waals surface area contributed by atoms with Crippen LogP contribution in [0.25, 0.3) is 0 Å². The Balaban J connectivity index is 1.81. The summed E-state index contributed by atoms with van der Waals surface area (Å²) in [6.45, 7) is -1.27. The van der Waals surface area contributed by atoms with Gasteiger partial charge in [-0.2, -0.15) is 13.2 Å². The van der Waals surface area contributed by atoms with Gasteiger partial charge in [0.05, 0.1) is 11.3 Å². The van der Waals surface area contributed by atoms with E-state index in [1.807, 2.05) is 5.32 Å². The molecule has 0 saturated heterocycles. The smallest absolute Gasteiger partial charge is 0.418 e. The molecule has 0 aliphatic heterocycles. The molecule has 6 nitrogen and oxygen atoms in total. The van der Waals surface area contributed by atoms with E-state index >= 15 is 0 Å². The number of anilines is 1. The first kappa shape index (κ1) is 20.0. The summed E-state index contributed by atoms with van der Waals surface area (Å²) in [7, 11) is 0. The van der Waals surface area contributed by atoms with Crippen molar-refractivity contribution in [2.45, 2.75) is 6.18 Å². The first-order valence-electron chi connectivity index (χ1n) is 7.72. The molecule has 2 rings (SSSR count). The third-order valence-electron chi connectivity index (χ3n) is 3.30. The zero-order chi connectivity index (χ0) is 19.9. The number of ether oxygens (including phenoxy) is 1. The van der Waals surface area contributed by atoms with Crippen LogP contribution in [0.3, 0.4) is 0 Å². The highest BCUT2D eigenvalue weighted by Crippen LogP contribution is 2.34. The van der Waals surface area contributed by atoms with E-state index in [9.17, 15) is 27.6 Å². The maximum absolute atomic E-state index is 12.9. The molecule has 0 radical (unpaired) electrons. The maximum Gasteiger partial charge on any atom is 0.418 e. The molecule has 0 saturated carbocycles. The molecule has 9 heteroatoms. The molecule has 2 aromatic carbocycles. The third kappa shape index (κ3) is 6.14. The lowest BCUT2D eigenvalue weighted by Gasteiger charge is -2.13. The molecule has 0 heterocycles. The molecule has 27 heavy (non-hydrogen) atoms. The summed E-state index contributed by atoms with van der Waals surface area (Å²) in [6.07, 6.45) is -4.64. The zero-order valence-corrected chi connectivity index (χ0v) is 13.9. The van der Waals surface area contributed by atoms with E-state index < -0.39 is 48.4 Å². The van der Waals surface area contributed by atoms with Crippen molar-refractivity contribution in [3.05, 3.63) is 65.7 Å². The molecule has 0 aliphatic carbocycles. The highest BCUT2D eigenvalue weighted by molar-refractivity contribution is 5.96. The van der Waals surface area contributed by atoms with Gasteiger partial charge in [-0.3, -0.25) is 14.4 Å². The number of hydrogen-bond acceptors (Lipinski definition) is 4. The minimum absolute atomic E-state index is 0.340. The van der Waals surface area contributed by atoms with Crippen LogP contribution >= 0.6 is 0 Å². The monoisotopic (exact) mass is 380 g/mol. The van der Waals surface area contributed by atoms with Crippen molar-refractivity contribution in [2.75, 3.05) is 18.5 Å². The minimum atomic E-state index is -4.64. The maximum atomic E-state index is 12.9. The van der Waals surface area contributed by atoms with Gasteiger partial charge in [0.2, 0.25) is 0 Å². The normalized spacial score (nSPS) is 10.8. The van der Waals surface area contributed by atoms with Gasteiger partial charge < -0.3 is 15.4 Å². The van der Waals surface area contributed by atoms with Crippen LogP contribution in [0.15, 0.2) is 54.6 Å². The van der Waals surface area contributed by atoms with E-state index in [4.69, 9.17) is 0 Å². The Bertz CT molecular complexity index is 823. The van der Waals surface area contributed by atoms with Gasteiger partial charge in [-0.1, -0.05) is 30.3 Å². The van der Waals surface area contributed by atoms with Gasteiger partial charge in [0.25, 0.3) is 11.8 Å². The van der Waals surface area contributed by atoms with E-state index in [1.165, 1.54) is 12.1 Å². The average molecular weight is 380 g/mol. The quantitative estimate of drug-likeness (QED) is 0.755. The topological polar surface area (TPSA) is 84.5 Å². The molecule has 0 bridgehead atoms. The van der Waals surface area contributed by atoms with E-state index in [1.54, 1.807) is 30.3 Å². The van der Waals surface area contributed by atoms with Crippen LogP contribution in [-0.2, 0) is 20.5 Å². The molecule has 0 aromatic heterocycles. The predicted octanol–water partition coefficient (Wildman–Crippen LogP) is 2.62. The zero-order valence-electron chi connectivity index (χ0n) is 13.9. The number of rotatable bonds is 6. The first-order chi connectivity index (χ1) is 12.8. The van der Waals surface area contributed by atoms with Gasteiger partial charge in [-0.05, 0) is 24.3 Å². The summed E-state index contributed by atoms with van der Waals surface area (Å²) >= 11 is 0. The Morgan fingerprint density at radius 3 is 2.22 bits per heavy atom. The lowest BCUT2D eigenvalue weighted by Crippen LogP contribution is -2.32. The summed E-state index contributed by atoms with van der Waals surface area (Å²) in [5, 5.41) is 4.35. The number of halogens is 3. The van der Waals surface area contributed by atoms with Gasteiger partial charge in [0, 0.05) is 5.56 Å². The minimum Gasteiger partial charge on any atom is -0.454 e. The van der Waals surface area contributed by atoms with Crippen molar-refractivity contribution in [3.8, 4) is 0 Å². The van der Waals surface area contributed by atoms with Crippen molar-refractivity contribution >= 4 is 23.5 Å². The van der Waals surface area contributed by atoms with Crippen molar-refractivity contribution in [1.29, 1.82) is 0 Å². The van der Waals surface area contributed by atoms with Crippen LogP contribution in [0.5, 0.6) is 0 Å². The number of carbonyl (C=O) groups is 3. The first-order valence-corrected chi connectivity index (χ1v) is 7.72.